The number of aryl methyl sites for hydroxylation is 1. The summed E-state index contributed by atoms with van der Waals surface area (Å²) < 4.78 is 8.73. The third kappa shape index (κ3) is 2.38. The van der Waals surface area contributed by atoms with E-state index in [1.54, 1.807) is 48.9 Å². The molecule has 6 heteroatoms. The predicted molar refractivity (Wildman–Crippen MR) is 99.8 cm³/mol. The number of pyridine rings is 2. The summed E-state index contributed by atoms with van der Waals surface area (Å²) in [6.45, 7) is -0.0443. The first-order valence-electron chi connectivity index (χ1n) is 8.19. The minimum absolute atomic E-state index is 0.0443. The van der Waals surface area contributed by atoms with Crippen molar-refractivity contribution in [3.63, 3.8) is 0 Å². The highest BCUT2D eigenvalue weighted by Crippen LogP contribution is 2.30. The molecule has 0 saturated heterocycles. The first-order chi connectivity index (χ1) is 12.6. The van der Waals surface area contributed by atoms with Gasteiger partial charge in [-0.1, -0.05) is 30.3 Å². The van der Waals surface area contributed by atoms with E-state index in [0.29, 0.717) is 22.2 Å². The lowest BCUT2D eigenvalue weighted by atomic mass is 10.1. The summed E-state index contributed by atoms with van der Waals surface area (Å²) in [5.74, 6) is 0.360. The number of hydrogen-bond acceptors (Lipinski definition) is 4. The molecule has 26 heavy (non-hydrogen) atoms. The van der Waals surface area contributed by atoms with Crippen molar-refractivity contribution in [3.05, 3.63) is 70.9 Å². The van der Waals surface area contributed by atoms with Gasteiger partial charge >= 0.3 is 0 Å². The van der Waals surface area contributed by atoms with Crippen LogP contribution in [0.5, 0.6) is 5.75 Å². The zero-order chi connectivity index (χ0) is 18.3. The number of Topliss-reactive ketones (excluding diaryl/α,β-unsaturated/α-hetero) is 1. The zero-order valence-electron chi connectivity index (χ0n) is 14.5. The van der Waals surface area contributed by atoms with Crippen molar-refractivity contribution in [1.82, 2.24) is 14.1 Å². The molecule has 3 heterocycles. The molecule has 0 amide bonds. The van der Waals surface area contributed by atoms with Crippen LogP contribution in [0.2, 0.25) is 0 Å². The molecule has 0 bridgehead atoms. The molecular weight excluding hydrogens is 330 g/mol. The van der Waals surface area contributed by atoms with Gasteiger partial charge in [0.15, 0.2) is 5.78 Å². The fourth-order valence-electron chi connectivity index (χ4n) is 3.35. The number of benzene rings is 1. The molecule has 4 rings (SSSR count). The van der Waals surface area contributed by atoms with Gasteiger partial charge in [-0.05, 0) is 6.07 Å². The highest BCUT2D eigenvalue weighted by Gasteiger charge is 2.19. The molecule has 0 saturated carbocycles. The Labute approximate surface area is 149 Å². The third-order valence-electron chi connectivity index (χ3n) is 4.57. The smallest absolute Gasteiger partial charge is 0.264 e. The second-order valence-electron chi connectivity index (χ2n) is 6.11. The second-order valence-corrected chi connectivity index (χ2v) is 6.11. The van der Waals surface area contributed by atoms with Crippen LogP contribution in [0.15, 0.2) is 59.8 Å². The molecule has 0 atom stereocenters. The molecule has 3 aromatic heterocycles. The van der Waals surface area contributed by atoms with Crippen molar-refractivity contribution in [2.75, 3.05) is 7.11 Å². The van der Waals surface area contributed by atoms with Crippen LogP contribution in [0.4, 0.5) is 0 Å². The SMILES string of the molecule is COc1cn(C)c2c1c(=O)n(CC(=O)c1ccccc1)c1ccncc21. The predicted octanol–water partition coefficient (Wildman–Crippen LogP) is 2.78. The highest BCUT2D eigenvalue weighted by molar-refractivity contribution is 6.06. The summed E-state index contributed by atoms with van der Waals surface area (Å²) >= 11 is 0. The molecule has 0 aliphatic carbocycles. The van der Waals surface area contributed by atoms with E-state index in [2.05, 4.69) is 4.98 Å². The maximum atomic E-state index is 13.2. The van der Waals surface area contributed by atoms with Crippen LogP contribution in [0.1, 0.15) is 10.4 Å². The Morgan fingerprint density at radius 2 is 1.96 bits per heavy atom. The Kier molecular flexibility index (Phi) is 3.80. The summed E-state index contributed by atoms with van der Waals surface area (Å²) in [6, 6.07) is 10.7. The fraction of sp³-hybridized carbons (Fsp3) is 0.150. The van der Waals surface area contributed by atoms with E-state index in [9.17, 15) is 9.59 Å². The molecule has 130 valence electrons. The van der Waals surface area contributed by atoms with E-state index in [1.807, 2.05) is 17.7 Å². The monoisotopic (exact) mass is 347 g/mol. The number of methoxy groups -OCH3 is 1. The minimum Gasteiger partial charge on any atom is -0.494 e. The van der Waals surface area contributed by atoms with Crippen LogP contribution in [0.25, 0.3) is 21.8 Å². The van der Waals surface area contributed by atoms with Gasteiger partial charge in [-0.15, -0.1) is 0 Å². The standard InChI is InChI=1S/C20H17N3O3/c1-22-12-17(26-2)18-19(22)14-10-21-9-8-15(14)23(20(18)25)11-16(24)13-6-4-3-5-7-13/h3-10,12H,11H2,1-2H3. The van der Waals surface area contributed by atoms with Crippen molar-refractivity contribution >= 4 is 27.6 Å². The first kappa shape index (κ1) is 16.1. The van der Waals surface area contributed by atoms with Gasteiger partial charge in [0, 0.05) is 36.6 Å². The Bertz CT molecular complexity index is 1190. The Morgan fingerprint density at radius 3 is 2.69 bits per heavy atom. The Morgan fingerprint density at radius 1 is 1.19 bits per heavy atom. The van der Waals surface area contributed by atoms with Gasteiger partial charge in [0.05, 0.1) is 24.7 Å². The summed E-state index contributed by atoms with van der Waals surface area (Å²) in [5, 5.41) is 1.25. The molecule has 4 aromatic rings. The number of carbonyl (C=O) groups excluding carboxylic acids is 1. The number of ether oxygens (including phenoxy) is 1. The minimum atomic E-state index is -0.250. The maximum absolute atomic E-state index is 13.2. The number of carbonyl (C=O) groups is 1. The molecule has 1 aromatic carbocycles. The number of nitrogens with zero attached hydrogens (tertiary/aromatic N) is 3. The molecule has 0 aliphatic rings. The topological polar surface area (TPSA) is 66.1 Å². The van der Waals surface area contributed by atoms with Crippen LogP contribution in [-0.4, -0.2) is 27.0 Å². The van der Waals surface area contributed by atoms with E-state index in [1.165, 1.54) is 11.7 Å². The fourth-order valence-corrected chi connectivity index (χ4v) is 3.35. The molecule has 0 spiro atoms. The lowest BCUT2D eigenvalue weighted by Crippen LogP contribution is -2.25. The second kappa shape index (κ2) is 6.15. The summed E-state index contributed by atoms with van der Waals surface area (Å²) in [5.41, 5.74) is 1.74. The summed E-state index contributed by atoms with van der Waals surface area (Å²) in [6.07, 6.45) is 5.10. The average Bonchev–Trinajstić information content (AvgIpc) is 3.02. The van der Waals surface area contributed by atoms with Crippen LogP contribution in [-0.2, 0) is 13.6 Å². The van der Waals surface area contributed by atoms with Crippen molar-refractivity contribution in [2.24, 2.45) is 7.05 Å². The van der Waals surface area contributed by atoms with Gasteiger partial charge in [-0.25, -0.2) is 0 Å². The third-order valence-corrected chi connectivity index (χ3v) is 4.57. The van der Waals surface area contributed by atoms with E-state index >= 15 is 0 Å². The number of fused-ring (bicyclic) bond motifs is 3. The highest BCUT2D eigenvalue weighted by atomic mass is 16.5. The largest absolute Gasteiger partial charge is 0.494 e. The number of rotatable bonds is 4. The molecule has 0 unspecified atom stereocenters. The maximum Gasteiger partial charge on any atom is 0.264 e. The quantitative estimate of drug-likeness (QED) is 0.533. The Hall–Kier alpha value is -3.41. The van der Waals surface area contributed by atoms with Gasteiger partial charge in [0.1, 0.15) is 11.1 Å². The summed E-state index contributed by atoms with van der Waals surface area (Å²) in [7, 11) is 3.39. The lowest BCUT2D eigenvalue weighted by molar-refractivity contribution is 0.0972. The van der Waals surface area contributed by atoms with Crippen molar-refractivity contribution in [2.45, 2.75) is 6.54 Å². The van der Waals surface area contributed by atoms with E-state index in [0.717, 1.165) is 10.9 Å². The van der Waals surface area contributed by atoms with Crippen LogP contribution in [0.3, 0.4) is 0 Å². The zero-order valence-corrected chi connectivity index (χ0v) is 14.5. The van der Waals surface area contributed by atoms with E-state index in [-0.39, 0.29) is 17.9 Å². The van der Waals surface area contributed by atoms with E-state index < -0.39 is 0 Å². The molecule has 0 aliphatic heterocycles. The van der Waals surface area contributed by atoms with Gasteiger partial charge in [0.25, 0.3) is 5.56 Å². The van der Waals surface area contributed by atoms with Crippen molar-refractivity contribution in [3.8, 4) is 5.75 Å². The summed E-state index contributed by atoms with van der Waals surface area (Å²) in [4.78, 5) is 30.1. The number of aromatic nitrogens is 3. The first-order valence-corrected chi connectivity index (χ1v) is 8.19. The molecule has 0 fully saturated rings. The van der Waals surface area contributed by atoms with Gasteiger partial charge < -0.3 is 9.30 Å². The lowest BCUT2D eigenvalue weighted by Gasteiger charge is -2.12. The molecule has 6 nitrogen and oxygen atoms in total. The molecule has 0 radical (unpaired) electrons. The number of ketones is 1. The average molecular weight is 347 g/mol. The van der Waals surface area contributed by atoms with Crippen LogP contribution in [0, 0.1) is 0 Å². The Balaban J connectivity index is 2.00. The van der Waals surface area contributed by atoms with Crippen molar-refractivity contribution < 1.29 is 9.53 Å². The van der Waals surface area contributed by atoms with Gasteiger partial charge in [0.2, 0.25) is 0 Å². The normalized spacial score (nSPS) is 11.2. The number of hydrogen-bond donors (Lipinski definition) is 0. The van der Waals surface area contributed by atoms with Gasteiger partial charge in [-0.3, -0.25) is 19.1 Å². The van der Waals surface area contributed by atoms with Crippen molar-refractivity contribution in [1.29, 1.82) is 0 Å². The van der Waals surface area contributed by atoms with Crippen LogP contribution >= 0.6 is 0 Å². The molecular formula is C20H17N3O3. The molecule has 0 N–H and O–H groups in total. The van der Waals surface area contributed by atoms with Crippen LogP contribution < -0.4 is 10.3 Å². The van der Waals surface area contributed by atoms with E-state index in [4.69, 9.17) is 4.74 Å². The van der Waals surface area contributed by atoms with Gasteiger partial charge in [-0.2, -0.15) is 0 Å².